The number of hydrogen-bond donors (Lipinski definition) is 2. The van der Waals surface area contributed by atoms with E-state index >= 15 is 0 Å². The minimum absolute atomic E-state index is 0.00919. The van der Waals surface area contributed by atoms with Crippen LogP contribution in [0.5, 0.6) is 0 Å². The van der Waals surface area contributed by atoms with Gasteiger partial charge in [0.1, 0.15) is 18.3 Å². The zero-order valence-electron chi connectivity index (χ0n) is 10.1. The maximum atomic E-state index is 10.0. The minimum Gasteiger partial charge on any atom is -0.394 e. The molecule has 0 unspecified atom stereocenters. The highest BCUT2D eigenvalue weighted by molar-refractivity contribution is 5.01. The minimum atomic E-state index is -0.663. The van der Waals surface area contributed by atoms with Crippen molar-refractivity contribution in [1.82, 2.24) is 5.06 Å². The molecular weight excluding hydrogens is 226 g/mol. The van der Waals surface area contributed by atoms with Crippen LogP contribution in [-0.2, 0) is 14.3 Å². The molecule has 3 heterocycles. The zero-order chi connectivity index (χ0) is 12.2. The third-order valence-electron chi connectivity index (χ3n) is 3.65. The van der Waals surface area contributed by atoms with Gasteiger partial charge in [-0.2, -0.15) is 5.06 Å². The number of aliphatic hydroxyl groups excluding tert-OH is 2. The summed E-state index contributed by atoms with van der Waals surface area (Å²) in [5.74, 6) is -0.663. The molecule has 3 aliphatic heterocycles. The lowest BCUT2D eigenvalue weighted by atomic mass is 9.93. The van der Waals surface area contributed by atoms with E-state index in [2.05, 4.69) is 0 Å². The van der Waals surface area contributed by atoms with Gasteiger partial charge >= 0.3 is 0 Å². The maximum Gasteiger partial charge on any atom is 0.163 e. The largest absolute Gasteiger partial charge is 0.394 e. The molecule has 5 atom stereocenters. The Morgan fingerprint density at radius 1 is 1.29 bits per heavy atom. The highest BCUT2D eigenvalue weighted by Crippen LogP contribution is 2.40. The second kappa shape index (κ2) is 3.88. The number of aliphatic hydroxyl groups is 2. The van der Waals surface area contributed by atoms with E-state index in [1.165, 1.54) is 0 Å². The first kappa shape index (κ1) is 11.8. The Hall–Kier alpha value is -0.240. The molecule has 98 valence electrons. The number of hydroxylamine groups is 2. The second-order valence-electron chi connectivity index (χ2n) is 5.44. The summed E-state index contributed by atoms with van der Waals surface area (Å²) in [6.45, 7) is 4.09. The fraction of sp³-hybridized carbons (Fsp3) is 1.00. The summed E-state index contributed by atoms with van der Waals surface area (Å²) >= 11 is 0. The molecule has 0 saturated carbocycles. The van der Waals surface area contributed by atoms with E-state index < -0.39 is 11.9 Å². The smallest absolute Gasteiger partial charge is 0.163 e. The van der Waals surface area contributed by atoms with Crippen LogP contribution in [0.1, 0.15) is 20.3 Å². The topological polar surface area (TPSA) is 71.4 Å². The van der Waals surface area contributed by atoms with Crippen LogP contribution >= 0.6 is 0 Å². The summed E-state index contributed by atoms with van der Waals surface area (Å²) in [6, 6.07) is 0.0577. The second-order valence-corrected chi connectivity index (χ2v) is 5.44. The maximum absolute atomic E-state index is 10.0. The van der Waals surface area contributed by atoms with Crippen molar-refractivity contribution in [2.24, 2.45) is 0 Å². The third kappa shape index (κ3) is 1.89. The first-order chi connectivity index (χ1) is 8.00. The predicted octanol–water partition coefficient (Wildman–Crippen LogP) is -0.752. The van der Waals surface area contributed by atoms with Gasteiger partial charge in [0, 0.05) is 0 Å². The van der Waals surface area contributed by atoms with E-state index in [0.29, 0.717) is 13.0 Å². The van der Waals surface area contributed by atoms with Crippen molar-refractivity contribution in [2.45, 2.75) is 56.5 Å². The third-order valence-corrected chi connectivity index (χ3v) is 3.65. The fourth-order valence-corrected chi connectivity index (χ4v) is 2.98. The van der Waals surface area contributed by atoms with Crippen LogP contribution in [0.2, 0.25) is 0 Å². The van der Waals surface area contributed by atoms with Crippen molar-refractivity contribution in [3.63, 3.8) is 0 Å². The Labute approximate surface area is 100 Å². The fourth-order valence-electron chi connectivity index (χ4n) is 2.98. The number of piperidine rings is 1. The van der Waals surface area contributed by atoms with Gasteiger partial charge in [0.2, 0.25) is 0 Å². The molecule has 3 aliphatic rings. The molecule has 0 aromatic carbocycles. The van der Waals surface area contributed by atoms with E-state index in [9.17, 15) is 5.11 Å². The van der Waals surface area contributed by atoms with Crippen LogP contribution in [-0.4, -0.2) is 64.7 Å². The van der Waals surface area contributed by atoms with Gasteiger partial charge in [0.15, 0.2) is 5.79 Å². The van der Waals surface area contributed by atoms with Crippen molar-refractivity contribution in [2.75, 3.05) is 13.2 Å². The van der Waals surface area contributed by atoms with Crippen LogP contribution < -0.4 is 0 Å². The molecule has 6 heteroatoms. The molecular formula is C11H19NO5. The van der Waals surface area contributed by atoms with Crippen LogP contribution in [0.25, 0.3) is 0 Å². The number of fused-ring (bicyclic) bond motifs is 3. The summed E-state index contributed by atoms with van der Waals surface area (Å²) in [7, 11) is 0. The van der Waals surface area contributed by atoms with Crippen LogP contribution in [0, 0.1) is 0 Å². The van der Waals surface area contributed by atoms with E-state index in [-0.39, 0.29) is 31.0 Å². The van der Waals surface area contributed by atoms with E-state index in [0.717, 1.165) is 0 Å². The van der Waals surface area contributed by atoms with Gasteiger partial charge in [-0.3, -0.25) is 4.84 Å². The van der Waals surface area contributed by atoms with Crippen molar-refractivity contribution in [3.8, 4) is 0 Å². The SMILES string of the molecule is CC1(C)O[C@@H]2[C@H](O1)[C@H](O)CN1O[C@H](CO)C[C@@H]21. The van der Waals surface area contributed by atoms with Gasteiger partial charge in [-0.05, 0) is 20.3 Å². The standard InChI is InChI=1S/C11H19NO5/c1-11(2)15-9-7-3-6(5-13)17-12(7)4-8(14)10(9)16-11/h6-10,13-14H,3-5H2,1-2H3/t6-,7-,8+,9-,10+/m0/s1. The molecule has 3 fully saturated rings. The summed E-state index contributed by atoms with van der Waals surface area (Å²) in [5, 5.41) is 20.9. The lowest BCUT2D eigenvalue weighted by Gasteiger charge is -2.37. The van der Waals surface area contributed by atoms with Crippen LogP contribution in [0.15, 0.2) is 0 Å². The van der Waals surface area contributed by atoms with Crippen molar-refractivity contribution in [3.05, 3.63) is 0 Å². The predicted molar refractivity (Wildman–Crippen MR) is 56.9 cm³/mol. The number of rotatable bonds is 1. The van der Waals surface area contributed by atoms with E-state index in [4.69, 9.17) is 19.4 Å². The highest BCUT2D eigenvalue weighted by atomic mass is 16.8. The van der Waals surface area contributed by atoms with Gasteiger partial charge < -0.3 is 19.7 Å². The molecule has 2 N–H and O–H groups in total. The molecule has 0 aliphatic carbocycles. The monoisotopic (exact) mass is 245 g/mol. The summed E-state index contributed by atoms with van der Waals surface area (Å²) < 4.78 is 11.6. The van der Waals surface area contributed by atoms with Gasteiger partial charge in [0.05, 0.1) is 25.3 Å². The average molecular weight is 245 g/mol. The summed E-state index contributed by atoms with van der Waals surface area (Å²) in [5.41, 5.74) is 0. The van der Waals surface area contributed by atoms with Gasteiger partial charge in [-0.1, -0.05) is 0 Å². The lowest BCUT2D eigenvalue weighted by Crippen LogP contribution is -2.57. The van der Waals surface area contributed by atoms with E-state index in [1.54, 1.807) is 5.06 Å². The quantitative estimate of drug-likeness (QED) is 0.633. The van der Waals surface area contributed by atoms with Crippen LogP contribution in [0.3, 0.4) is 0 Å². The van der Waals surface area contributed by atoms with Gasteiger partial charge in [-0.25, -0.2) is 0 Å². The van der Waals surface area contributed by atoms with E-state index in [1.807, 2.05) is 13.8 Å². The lowest BCUT2D eigenvalue weighted by molar-refractivity contribution is -0.220. The Bertz CT molecular complexity index is 310. The number of ether oxygens (including phenoxy) is 2. The van der Waals surface area contributed by atoms with Crippen molar-refractivity contribution >= 4 is 0 Å². The molecule has 3 rings (SSSR count). The van der Waals surface area contributed by atoms with Crippen molar-refractivity contribution in [1.29, 1.82) is 0 Å². The normalized spacial score (nSPS) is 49.1. The Kier molecular flexibility index (Phi) is 2.70. The highest BCUT2D eigenvalue weighted by Gasteiger charge is 2.56. The Morgan fingerprint density at radius 2 is 2.00 bits per heavy atom. The first-order valence-electron chi connectivity index (χ1n) is 6.08. The zero-order valence-corrected chi connectivity index (χ0v) is 10.1. The first-order valence-corrected chi connectivity index (χ1v) is 6.08. The van der Waals surface area contributed by atoms with Gasteiger partial charge in [0.25, 0.3) is 0 Å². The average Bonchev–Trinajstić information content (AvgIpc) is 2.78. The molecule has 6 nitrogen and oxygen atoms in total. The van der Waals surface area contributed by atoms with Crippen molar-refractivity contribution < 1.29 is 24.5 Å². The molecule has 17 heavy (non-hydrogen) atoms. The molecule has 0 amide bonds. The Balaban J connectivity index is 1.81. The van der Waals surface area contributed by atoms with Gasteiger partial charge in [-0.15, -0.1) is 0 Å². The number of nitrogens with zero attached hydrogens (tertiary/aromatic N) is 1. The molecule has 3 saturated heterocycles. The molecule has 0 bridgehead atoms. The molecule has 0 radical (unpaired) electrons. The number of hydrogen-bond acceptors (Lipinski definition) is 6. The molecule has 0 spiro atoms. The Morgan fingerprint density at radius 3 is 2.71 bits per heavy atom. The summed E-state index contributed by atoms with van der Waals surface area (Å²) in [6.07, 6.45) is -0.588. The summed E-state index contributed by atoms with van der Waals surface area (Å²) in [4.78, 5) is 5.55. The molecule has 0 aromatic heterocycles. The van der Waals surface area contributed by atoms with Crippen LogP contribution in [0.4, 0.5) is 0 Å². The molecule has 0 aromatic rings.